The van der Waals surface area contributed by atoms with Crippen molar-refractivity contribution in [3.05, 3.63) is 56.4 Å². The van der Waals surface area contributed by atoms with Gasteiger partial charge < -0.3 is 5.10 Å². The fourth-order valence-electron chi connectivity index (χ4n) is 2.77. The van der Waals surface area contributed by atoms with Gasteiger partial charge in [-0.2, -0.15) is 0 Å². The number of aryl methyl sites for hydroxylation is 3. The largest absolute Gasteiger partial charge is 0.328 e. The molecule has 0 radical (unpaired) electrons. The van der Waals surface area contributed by atoms with Crippen LogP contribution in [0.25, 0.3) is 11.0 Å². The van der Waals surface area contributed by atoms with Crippen molar-refractivity contribution < 1.29 is 4.79 Å². The first kappa shape index (κ1) is 15.1. The topological polar surface area (TPSA) is 81.8 Å². The summed E-state index contributed by atoms with van der Waals surface area (Å²) >= 11 is 0. The highest BCUT2D eigenvalue weighted by atomic mass is 16.2. The Morgan fingerprint density at radius 2 is 1.91 bits per heavy atom. The number of carbonyl (C=O) groups excluding carboxylic acids is 1. The van der Waals surface area contributed by atoms with Crippen molar-refractivity contribution in [2.45, 2.75) is 19.9 Å². The molecule has 2 aromatic heterocycles. The van der Waals surface area contributed by atoms with Crippen molar-refractivity contribution in [1.82, 2.24) is 18.9 Å². The molecule has 0 fully saturated rings. The number of aromatic nitrogens is 4. The van der Waals surface area contributed by atoms with Gasteiger partial charge >= 0.3 is 5.69 Å². The molecule has 0 atom stereocenters. The number of aromatic amines is 1. The predicted octanol–water partition coefficient (Wildman–Crippen LogP) is 1.01. The summed E-state index contributed by atoms with van der Waals surface area (Å²) in [6.07, 6.45) is 2.22. The van der Waals surface area contributed by atoms with Gasteiger partial charge in [0, 0.05) is 32.4 Å². The standard InChI is InChI=1S/C16H18N4O3/c1-4-7-20-13-8-10(5-6-12(13)18(2)16(20)23)14(21)11-9-17-19(3)15(11)22/h5-6,8-9,17H,4,7H2,1-3H3. The van der Waals surface area contributed by atoms with Crippen LogP contribution in [0.3, 0.4) is 0 Å². The third-order valence-electron chi connectivity index (χ3n) is 4.04. The number of ketones is 1. The zero-order chi connectivity index (χ0) is 16.7. The molecule has 3 aromatic rings. The molecular formula is C16H18N4O3. The minimum atomic E-state index is -0.367. The summed E-state index contributed by atoms with van der Waals surface area (Å²) in [7, 11) is 3.26. The van der Waals surface area contributed by atoms with Crippen molar-refractivity contribution in [3.63, 3.8) is 0 Å². The SMILES string of the molecule is CCCn1c(=O)n(C)c2ccc(C(=O)c3c[nH]n(C)c3=O)cc21. The van der Waals surface area contributed by atoms with Crippen molar-refractivity contribution >= 4 is 16.8 Å². The van der Waals surface area contributed by atoms with Crippen LogP contribution in [0, 0.1) is 0 Å². The molecule has 0 aliphatic carbocycles. The summed E-state index contributed by atoms with van der Waals surface area (Å²) in [6.45, 7) is 2.57. The first-order chi connectivity index (χ1) is 11.0. The van der Waals surface area contributed by atoms with Crippen LogP contribution in [-0.2, 0) is 20.6 Å². The maximum Gasteiger partial charge on any atom is 0.328 e. The Hall–Kier alpha value is -2.83. The van der Waals surface area contributed by atoms with Crippen molar-refractivity contribution in [2.24, 2.45) is 14.1 Å². The molecule has 7 nitrogen and oxygen atoms in total. The van der Waals surface area contributed by atoms with Crippen LogP contribution in [0.2, 0.25) is 0 Å². The molecule has 3 rings (SSSR count). The highest BCUT2D eigenvalue weighted by molar-refractivity contribution is 6.10. The van der Waals surface area contributed by atoms with Crippen molar-refractivity contribution in [2.75, 3.05) is 0 Å². The van der Waals surface area contributed by atoms with Gasteiger partial charge in [0.25, 0.3) is 5.56 Å². The van der Waals surface area contributed by atoms with Gasteiger partial charge in [-0.25, -0.2) is 4.79 Å². The number of nitrogens with zero attached hydrogens (tertiary/aromatic N) is 3. The molecule has 0 amide bonds. The fourth-order valence-corrected chi connectivity index (χ4v) is 2.77. The van der Waals surface area contributed by atoms with Gasteiger partial charge in [0.2, 0.25) is 0 Å². The van der Waals surface area contributed by atoms with E-state index in [2.05, 4.69) is 5.10 Å². The maximum atomic E-state index is 12.6. The first-order valence-corrected chi connectivity index (χ1v) is 7.44. The van der Waals surface area contributed by atoms with Crippen LogP contribution in [0.15, 0.2) is 34.0 Å². The summed E-state index contributed by atoms with van der Waals surface area (Å²) in [5, 5.41) is 2.69. The number of benzene rings is 1. The fraction of sp³-hybridized carbons (Fsp3) is 0.312. The Kier molecular flexibility index (Phi) is 3.55. The number of fused-ring (bicyclic) bond motifs is 1. The zero-order valence-corrected chi connectivity index (χ0v) is 13.3. The third-order valence-corrected chi connectivity index (χ3v) is 4.04. The normalized spacial score (nSPS) is 11.3. The third kappa shape index (κ3) is 2.25. The number of hydrogen-bond acceptors (Lipinski definition) is 3. The van der Waals surface area contributed by atoms with Crippen LogP contribution in [0.1, 0.15) is 29.3 Å². The lowest BCUT2D eigenvalue weighted by molar-refractivity contribution is 0.103. The van der Waals surface area contributed by atoms with E-state index in [-0.39, 0.29) is 22.6 Å². The highest BCUT2D eigenvalue weighted by Gasteiger charge is 2.18. The number of rotatable bonds is 4. The monoisotopic (exact) mass is 314 g/mol. The lowest BCUT2D eigenvalue weighted by Gasteiger charge is -2.02. The van der Waals surface area contributed by atoms with Crippen molar-refractivity contribution in [1.29, 1.82) is 0 Å². The van der Waals surface area contributed by atoms with E-state index < -0.39 is 0 Å². The van der Waals surface area contributed by atoms with Gasteiger partial charge in [-0.15, -0.1) is 0 Å². The van der Waals surface area contributed by atoms with Crippen LogP contribution < -0.4 is 11.2 Å². The van der Waals surface area contributed by atoms with Crippen LogP contribution in [0.5, 0.6) is 0 Å². The molecule has 1 aromatic carbocycles. The second-order valence-electron chi connectivity index (χ2n) is 5.58. The molecule has 0 saturated carbocycles. The lowest BCUT2D eigenvalue weighted by Crippen LogP contribution is -2.22. The summed E-state index contributed by atoms with van der Waals surface area (Å²) in [6, 6.07) is 5.07. The summed E-state index contributed by atoms with van der Waals surface area (Å²) in [5.74, 6) is -0.354. The molecule has 0 bridgehead atoms. The molecule has 0 spiro atoms. The molecule has 0 unspecified atom stereocenters. The lowest BCUT2D eigenvalue weighted by atomic mass is 10.1. The summed E-state index contributed by atoms with van der Waals surface area (Å²) in [5.41, 5.74) is 1.48. The molecule has 7 heteroatoms. The van der Waals surface area contributed by atoms with E-state index >= 15 is 0 Å². The predicted molar refractivity (Wildman–Crippen MR) is 86.9 cm³/mol. The number of carbonyl (C=O) groups is 1. The number of hydrogen-bond donors (Lipinski definition) is 1. The quantitative estimate of drug-likeness (QED) is 0.730. The maximum absolute atomic E-state index is 12.6. The second kappa shape index (κ2) is 5.42. The van der Waals surface area contributed by atoms with Gasteiger partial charge in [-0.3, -0.25) is 23.4 Å². The minimum absolute atomic E-state index is 0.0900. The number of nitrogens with one attached hydrogen (secondary N) is 1. The van der Waals surface area contributed by atoms with E-state index in [1.807, 2.05) is 6.92 Å². The molecule has 120 valence electrons. The molecular weight excluding hydrogens is 296 g/mol. The van der Waals surface area contributed by atoms with Crippen LogP contribution in [0.4, 0.5) is 0 Å². The molecule has 0 aliphatic rings. The Bertz CT molecular complexity index is 1020. The van der Waals surface area contributed by atoms with Gasteiger partial charge in [0.1, 0.15) is 5.56 Å². The smallest absolute Gasteiger partial charge is 0.302 e. The molecule has 2 heterocycles. The van der Waals surface area contributed by atoms with E-state index in [0.717, 1.165) is 11.9 Å². The Labute approximate surface area is 131 Å². The summed E-state index contributed by atoms with van der Waals surface area (Å²) < 4.78 is 4.47. The molecule has 23 heavy (non-hydrogen) atoms. The average molecular weight is 314 g/mol. The second-order valence-corrected chi connectivity index (χ2v) is 5.58. The molecule has 0 saturated heterocycles. The minimum Gasteiger partial charge on any atom is -0.302 e. The molecule has 0 aliphatic heterocycles. The van der Waals surface area contributed by atoms with E-state index in [1.165, 1.54) is 10.9 Å². The molecule has 1 N–H and O–H groups in total. The van der Waals surface area contributed by atoms with Crippen LogP contribution >= 0.6 is 0 Å². The van der Waals surface area contributed by atoms with Gasteiger partial charge in [-0.05, 0) is 24.6 Å². The van der Waals surface area contributed by atoms with E-state index in [4.69, 9.17) is 0 Å². The van der Waals surface area contributed by atoms with Gasteiger partial charge in [0.15, 0.2) is 5.78 Å². The van der Waals surface area contributed by atoms with Crippen molar-refractivity contribution in [3.8, 4) is 0 Å². The van der Waals surface area contributed by atoms with Gasteiger partial charge in [0.05, 0.1) is 11.0 Å². The Morgan fingerprint density at radius 1 is 1.17 bits per heavy atom. The number of H-pyrrole nitrogens is 1. The number of imidazole rings is 1. The van der Waals surface area contributed by atoms with E-state index in [1.54, 1.807) is 41.4 Å². The van der Waals surface area contributed by atoms with Crippen LogP contribution in [-0.4, -0.2) is 24.7 Å². The highest BCUT2D eigenvalue weighted by Crippen LogP contribution is 2.17. The van der Waals surface area contributed by atoms with E-state index in [9.17, 15) is 14.4 Å². The summed E-state index contributed by atoms with van der Waals surface area (Å²) in [4.78, 5) is 36.8. The van der Waals surface area contributed by atoms with Gasteiger partial charge in [-0.1, -0.05) is 6.92 Å². The average Bonchev–Trinajstić information content (AvgIpc) is 3.00. The zero-order valence-electron chi connectivity index (χ0n) is 13.3. The first-order valence-electron chi connectivity index (χ1n) is 7.44. The Balaban J connectivity index is 2.18. The van der Waals surface area contributed by atoms with E-state index in [0.29, 0.717) is 17.6 Å². The Morgan fingerprint density at radius 3 is 2.52 bits per heavy atom.